The molecule has 0 aliphatic carbocycles. The van der Waals surface area contributed by atoms with Crippen LogP contribution < -0.4 is 4.74 Å². The molecule has 0 bridgehead atoms. The van der Waals surface area contributed by atoms with Crippen LogP contribution in [0.1, 0.15) is 138 Å². The van der Waals surface area contributed by atoms with E-state index in [1.54, 1.807) is 30.3 Å². The van der Waals surface area contributed by atoms with Crippen LogP contribution in [0.3, 0.4) is 0 Å². The van der Waals surface area contributed by atoms with E-state index in [-0.39, 0.29) is 17.4 Å². The SMILES string of the molecule is CCCCCCCCCCCCOc1cc(C(C)C)c(N=Nc2ccc(C)cc2)cc1C.Cc1cc(N=Nc2ccc(O)cc2)c(C(C)C)cc1O. The second kappa shape index (κ2) is 22.4. The van der Waals surface area contributed by atoms with E-state index in [4.69, 9.17) is 4.74 Å². The molecule has 0 aromatic heterocycles. The molecule has 7 nitrogen and oxygen atoms in total. The highest BCUT2D eigenvalue weighted by Gasteiger charge is 2.12. The van der Waals surface area contributed by atoms with Crippen LogP contribution >= 0.6 is 0 Å². The molecule has 280 valence electrons. The molecular weight excluding hydrogens is 645 g/mol. The molecule has 2 N–H and O–H groups in total. The van der Waals surface area contributed by atoms with Gasteiger partial charge in [0, 0.05) is 0 Å². The van der Waals surface area contributed by atoms with Crippen LogP contribution in [0.5, 0.6) is 17.2 Å². The van der Waals surface area contributed by atoms with Gasteiger partial charge in [-0.3, -0.25) is 0 Å². The number of phenols is 2. The maximum absolute atomic E-state index is 9.79. The summed E-state index contributed by atoms with van der Waals surface area (Å²) in [5.74, 6) is 2.07. The topological polar surface area (TPSA) is 99.1 Å². The van der Waals surface area contributed by atoms with Gasteiger partial charge in [0.1, 0.15) is 17.2 Å². The lowest BCUT2D eigenvalue weighted by Crippen LogP contribution is -2.00. The zero-order chi connectivity index (χ0) is 37.9. The number of phenolic OH excluding ortho intramolecular Hbond substituents is 2. The van der Waals surface area contributed by atoms with Crippen molar-refractivity contribution in [3.05, 3.63) is 101 Å². The van der Waals surface area contributed by atoms with Gasteiger partial charge in [-0.05, 0) is 122 Å². The maximum atomic E-state index is 9.79. The van der Waals surface area contributed by atoms with Crippen LogP contribution in [0.2, 0.25) is 0 Å². The number of hydrogen-bond donors (Lipinski definition) is 2. The molecule has 0 fully saturated rings. The first-order chi connectivity index (χ1) is 25.0. The van der Waals surface area contributed by atoms with Gasteiger partial charge in [0.2, 0.25) is 0 Å². The summed E-state index contributed by atoms with van der Waals surface area (Å²) in [6.45, 7) is 17.6. The van der Waals surface area contributed by atoms with Crippen molar-refractivity contribution < 1.29 is 14.9 Å². The summed E-state index contributed by atoms with van der Waals surface area (Å²) in [7, 11) is 0. The number of ether oxygens (including phenoxy) is 1. The Morgan fingerprint density at radius 2 is 1.00 bits per heavy atom. The van der Waals surface area contributed by atoms with E-state index in [1.807, 2.05) is 39.0 Å². The van der Waals surface area contributed by atoms with Crippen LogP contribution in [0.4, 0.5) is 22.7 Å². The van der Waals surface area contributed by atoms with Gasteiger partial charge in [0.25, 0.3) is 0 Å². The summed E-state index contributed by atoms with van der Waals surface area (Å²) in [6.07, 6.45) is 13.4. The van der Waals surface area contributed by atoms with Gasteiger partial charge in [-0.1, -0.05) is 110 Å². The Morgan fingerprint density at radius 1 is 0.538 bits per heavy atom. The minimum Gasteiger partial charge on any atom is -0.508 e. The van der Waals surface area contributed by atoms with E-state index in [1.165, 1.54) is 68.9 Å². The standard InChI is InChI=1S/C29H44N2O.C16H18N2O2/c1-6-7-8-9-10-11-12-13-14-15-20-32-29-22-27(23(2)3)28(21-25(29)5)31-30-26-18-16-24(4)17-19-26;1-10(2)14-9-16(20)11(3)8-15(14)18-17-12-4-6-13(19)7-5-12/h16-19,21-23H,6-15,20H2,1-5H3;4-10,19-20H,1-3H3. The second-order valence-corrected chi connectivity index (χ2v) is 14.5. The summed E-state index contributed by atoms with van der Waals surface area (Å²) in [6, 6.07) is 22.5. The van der Waals surface area contributed by atoms with Crippen molar-refractivity contribution in [1.29, 1.82) is 0 Å². The molecule has 0 heterocycles. The summed E-state index contributed by atoms with van der Waals surface area (Å²) < 4.78 is 6.16. The molecule has 0 amide bonds. The predicted molar refractivity (Wildman–Crippen MR) is 217 cm³/mol. The molecule has 0 saturated carbocycles. The summed E-state index contributed by atoms with van der Waals surface area (Å²) in [5, 5.41) is 36.4. The van der Waals surface area contributed by atoms with Gasteiger partial charge in [0.05, 0.1) is 29.4 Å². The molecule has 7 heteroatoms. The molecule has 4 aromatic rings. The Hall–Kier alpha value is -4.52. The van der Waals surface area contributed by atoms with Crippen LogP contribution in [-0.4, -0.2) is 16.8 Å². The largest absolute Gasteiger partial charge is 0.508 e. The predicted octanol–water partition coefficient (Wildman–Crippen LogP) is 15.1. The van der Waals surface area contributed by atoms with E-state index in [0.717, 1.165) is 52.5 Å². The molecule has 4 rings (SSSR count). The van der Waals surface area contributed by atoms with Gasteiger partial charge in [-0.15, -0.1) is 0 Å². The Bertz CT molecular complexity index is 1690. The van der Waals surface area contributed by atoms with Gasteiger partial charge in [0.15, 0.2) is 0 Å². The number of aromatic hydroxyl groups is 2. The number of nitrogens with zero attached hydrogens (tertiary/aromatic N) is 4. The van der Waals surface area contributed by atoms with Gasteiger partial charge >= 0.3 is 0 Å². The van der Waals surface area contributed by atoms with Crippen molar-refractivity contribution >= 4 is 22.7 Å². The second-order valence-electron chi connectivity index (χ2n) is 14.5. The molecule has 0 radical (unpaired) electrons. The third-order valence-electron chi connectivity index (χ3n) is 9.10. The first-order valence-electron chi connectivity index (χ1n) is 19.3. The van der Waals surface area contributed by atoms with Crippen LogP contribution in [0, 0.1) is 20.8 Å². The highest BCUT2D eigenvalue weighted by molar-refractivity contribution is 5.56. The van der Waals surface area contributed by atoms with Crippen LogP contribution in [0.15, 0.2) is 93.3 Å². The Kier molecular flexibility index (Phi) is 18.1. The van der Waals surface area contributed by atoms with Crippen molar-refractivity contribution in [2.24, 2.45) is 20.5 Å². The number of hydrogen-bond acceptors (Lipinski definition) is 7. The summed E-state index contributed by atoms with van der Waals surface area (Å²) >= 11 is 0. The average molecular weight is 707 g/mol. The Labute approximate surface area is 313 Å². The number of aryl methyl sites for hydroxylation is 3. The van der Waals surface area contributed by atoms with Gasteiger partial charge in [-0.2, -0.15) is 20.5 Å². The van der Waals surface area contributed by atoms with E-state index in [2.05, 4.69) is 79.3 Å². The maximum Gasteiger partial charge on any atom is 0.122 e. The fraction of sp³-hybridized carbons (Fsp3) is 0.467. The fourth-order valence-corrected chi connectivity index (χ4v) is 5.77. The highest BCUT2D eigenvalue weighted by Crippen LogP contribution is 2.36. The normalized spacial score (nSPS) is 11.5. The molecule has 0 atom stereocenters. The lowest BCUT2D eigenvalue weighted by Gasteiger charge is -2.15. The van der Waals surface area contributed by atoms with E-state index >= 15 is 0 Å². The lowest BCUT2D eigenvalue weighted by atomic mass is 9.99. The smallest absolute Gasteiger partial charge is 0.122 e. The average Bonchev–Trinajstić information content (AvgIpc) is 3.12. The summed E-state index contributed by atoms with van der Waals surface area (Å²) in [5.41, 5.74) is 8.50. The van der Waals surface area contributed by atoms with Crippen LogP contribution in [-0.2, 0) is 0 Å². The van der Waals surface area contributed by atoms with Crippen molar-refractivity contribution in [2.75, 3.05) is 6.61 Å². The lowest BCUT2D eigenvalue weighted by molar-refractivity contribution is 0.302. The van der Waals surface area contributed by atoms with Crippen molar-refractivity contribution in [3.63, 3.8) is 0 Å². The quantitative estimate of drug-likeness (QED) is 0.0795. The molecule has 0 saturated heterocycles. The van der Waals surface area contributed by atoms with Crippen molar-refractivity contribution in [2.45, 2.75) is 131 Å². The molecule has 4 aromatic carbocycles. The minimum atomic E-state index is 0.201. The monoisotopic (exact) mass is 706 g/mol. The zero-order valence-electron chi connectivity index (χ0n) is 33.0. The van der Waals surface area contributed by atoms with Gasteiger partial charge in [-0.25, -0.2) is 0 Å². The molecule has 0 aliphatic rings. The van der Waals surface area contributed by atoms with Gasteiger partial charge < -0.3 is 14.9 Å². The third kappa shape index (κ3) is 14.6. The number of azo groups is 2. The fourth-order valence-electron chi connectivity index (χ4n) is 5.77. The first-order valence-corrected chi connectivity index (χ1v) is 19.3. The molecule has 0 unspecified atom stereocenters. The highest BCUT2D eigenvalue weighted by atomic mass is 16.5. The first kappa shape index (κ1) is 41.9. The number of benzene rings is 4. The van der Waals surface area contributed by atoms with E-state index < -0.39 is 0 Å². The third-order valence-corrected chi connectivity index (χ3v) is 9.10. The van der Waals surface area contributed by atoms with Crippen molar-refractivity contribution in [1.82, 2.24) is 0 Å². The Balaban J connectivity index is 0.000000311. The van der Waals surface area contributed by atoms with E-state index in [0.29, 0.717) is 11.6 Å². The molecule has 0 spiro atoms. The number of rotatable bonds is 18. The molecular formula is C45H62N4O3. The zero-order valence-corrected chi connectivity index (χ0v) is 33.0. The summed E-state index contributed by atoms with van der Waals surface area (Å²) in [4.78, 5) is 0. The minimum absolute atomic E-state index is 0.201. The number of unbranched alkanes of at least 4 members (excludes halogenated alkanes) is 9. The van der Waals surface area contributed by atoms with Crippen molar-refractivity contribution in [3.8, 4) is 17.2 Å². The molecule has 52 heavy (non-hydrogen) atoms. The Morgan fingerprint density at radius 3 is 1.52 bits per heavy atom. The van der Waals surface area contributed by atoms with Crippen LogP contribution in [0.25, 0.3) is 0 Å². The van der Waals surface area contributed by atoms with E-state index in [9.17, 15) is 10.2 Å². The molecule has 0 aliphatic heterocycles.